The lowest BCUT2D eigenvalue weighted by atomic mass is 9.77. The van der Waals surface area contributed by atoms with Crippen LogP contribution in [0, 0.1) is 11.3 Å². The Labute approximate surface area is 200 Å². The van der Waals surface area contributed by atoms with Gasteiger partial charge in [0.25, 0.3) is 5.91 Å². The van der Waals surface area contributed by atoms with Crippen LogP contribution in [0.15, 0.2) is 54.9 Å². The molecule has 0 bridgehead atoms. The molecule has 2 saturated heterocycles. The summed E-state index contributed by atoms with van der Waals surface area (Å²) in [5, 5.41) is 3.26. The number of piperidine rings is 1. The molecule has 1 atom stereocenters. The topological polar surface area (TPSA) is 82.6 Å². The number of rotatable bonds is 7. The lowest BCUT2D eigenvalue weighted by Crippen LogP contribution is -2.46. The third kappa shape index (κ3) is 4.75. The zero-order valence-corrected chi connectivity index (χ0v) is 19.5. The summed E-state index contributed by atoms with van der Waals surface area (Å²) < 4.78 is 0. The highest BCUT2D eigenvalue weighted by Gasteiger charge is 2.50. The first-order chi connectivity index (χ1) is 16.6. The highest BCUT2D eigenvalue weighted by Crippen LogP contribution is 2.42. The third-order valence-electron chi connectivity index (χ3n) is 7.68. The Hall–Kier alpha value is -3.06. The maximum absolute atomic E-state index is 13.3. The molecule has 0 unspecified atom stereocenters. The number of hydrogen-bond donors (Lipinski definition) is 1. The van der Waals surface area contributed by atoms with Crippen molar-refractivity contribution in [1.82, 2.24) is 20.1 Å². The second-order valence-corrected chi connectivity index (χ2v) is 9.91. The van der Waals surface area contributed by atoms with E-state index in [2.05, 4.69) is 27.3 Å². The minimum Gasteiger partial charge on any atom is -0.349 e. The molecule has 1 aliphatic carbocycles. The van der Waals surface area contributed by atoms with E-state index in [0.717, 1.165) is 63.7 Å². The molecule has 3 heterocycles. The molecule has 178 valence electrons. The summed E-state index contributed by atoms with van der Waals surface area (Å²) in [4.78, 5) is 46.3. The summed E-state index contributed by atoms with van der Waals surface area (Å²) in [6.45, 7) is 3.01. The normalized spacial score (nSPS) is 20.9. The average molecular weight is 461 g/mol. The van der Waals surface area contributed by atoms with Crippen molar-refractivity contribution in [2.24, 2.45) is 11.3 Å². The van der Waals surface area contributed by atoms with Gasteiger partial charge in [-0.2, -0.15) is 0 Å². The molecule has 1 aromatic carbocycles. The van der Waals surface area contributed by atoms with E-state index >= 15 is 0 Å². The van der Waals surface area contributed by atoms with E-state index in [1.165, 1.54) is 11.1 Å². The van der Waals surface area contributed by atoms with Crippen molar-refractivity contribution in [2.75, 3.05) is 26.2 Å². The van der Waals surface area contributed by atoms with Crippen molar-refractivity contribution in [3.63, 3.8) is 0 Å². The summed E-state index contributed by atoms with van der Waals surface area (Å²) in [6, 6.07) is 13.6. The van der Waals surface area contributed by atoms with E-state index in [1.54, 1.807) is 18.3 Å². The maximum atomic E-state index is 13.3. The number of likely N-dealkylation sites (tertiary alicyclic amines) is 2. The van der Waals surface area contributed by atoms with Crippen molar-refractivity contribution in [2.45, 2.75) is 44.6 Å². The van der Waals surface area contributed by atoms with E-state index < -0.39 is 5.41 Å². The predicted molar refractivity (Wildman–Crippen MR) is 128 cm³/mol. The number of aromatic nitrogens is 1. The van der Waals surface area contributed by atoms with Crippen molar-refractivity contribution in [3.05, 3.63) is 66.0 Å². The van der Waals surface area contributed by atoms with Crippen LogP contribution in [0.5, 0.6) is 0 Å². The van der Waals surface area contributed by atoms with Crippen LogP contribution in [0.3, 0.4) is 0 Å². The van der Waals surface area contributed by atoms with Crippen LogP contribution in [-0.4, -0.2) is 58.7 Å². The zero-order chi connectivity index (χ0) is 23.5. The van der Waals surface area contributed by atoms with E-state index in [-0.39, 0.29) is 29.7 Å². The molecule has 3 fully saturated rings. The Bertz CT molecular complexity index is 1030. The lowest BCUT2D eigenvalue weighted by Gasteiger charge is -2.38. The van der Waals surface area contributed by atoms with Gasteiger partial charge in [0, 0.05) is 31.4 Å². The second-order valence-electron chi connectivity index (χ2n) is 9.91. The molecule has 1 aromatic heterocycles. The van der Waals surface area contributed by atoms with Crippen LogP contribution in [-0.2, 0) is 9.59 Å². The first-order valence-electron chi connectivity index (χ1n) is 12.4. The predicted octanol–water partition coefficient (Wildman–Crippen LogP) is 3.19. The molecule has 2 aromatic rings. The van der Waals surface area contributed by atoms with Gasteiger partial charge >= 0.3 is 0 Å². The van der Waals surface area contributed by atoms with Crippen LogP contribution < -0.4 is 5.32 Å². The number of carbonyl (C=O) groups is 3. The Kier molecular flexibility index (Phi) is 6.46. The molecule has 7 heteroatoms. The highest BCUT2D eigenvalue weighted by molar-refractivity contribution is 6.07. The Morgan fingerprint density at radius 1 is 1.03 bits per heavy atom. The van der Waals surface area contributed by atoms with E-state index in [0.29, 0.717) is 12.1 Å². The van der Waals surface area contributed by atoms with Gasteiger partial charge in [0.1, 0.15) is 0 Å². The van der Waals surface area contributed by atoms with E-state index in [9.17, 15) is 14.4 Å². The number of amides is 3. The monoisotopic (exact) mass is 460 g/mol. The summed E-state index contributed by atoms with van der Waals surface area (Å²) >= 11 is 0. The Morgan fingerprint density at radius 3 is 2.44 bits per heavy atom. The van der Waals surface area contributed by atoms with Crippen LogP contribution >= 0.6 is 0 Å². The molecule has 5 rings (SSSR count). The zero-order valence-electron chi connectivity index (χ0n) is 19.5. The van der Waals surface area contributed by atoms with Crippen molar-refractivity contribution < 1.29 is 14.4 Å². The summed E-state index contributed by atoms with van der Waals surface area (Å²) in [5.41, 5.74) is 1.18. The van der Waals surface area contributed by atoms with Crippen LogP contribution in [0.1, 0.15) is 60.5 Å². The van der Waals surface area contributed by atoms with Gasteiger partial charge in [-0.05, 0) is 69.3 Å². The van der Waals surface area contributed by atoms with Gasteiger partial charge < -0.3 is 10.2 Å². The molecule has 7 nitrogen and oxygen atoms in total. The summed E-state index contributed by atoms with van der Waals surface area (Å²) in [5.74, 6) is 0.0857. The van der Waals surface area contributed by atoms with E-state index in [4.69, 9.17) is 0 Å². The molecule has 3 amide bonds. The van der Waals surface area contributed by atoms with Gasteiger partial charge in [-0.1, -0.05) is 30.3 Å². The summed E-state index contributed by atoms with van der Waals surface area (Å²) in [6.07, 6.45) is 8.25. The number of pyridine rings is 1. The quantitative estimate of drug-likeness (QED) is 0.642. The van der Waals surface area contributed by atoms with Crippen molar-refractivity contribution >= 4 is 17.7 Å². The van der Waals surface area contributed by atoms with Crippen LogP contribution in [0.4, 0.5) is 0 Å². The molecular formula is C27H32N4O3. The molecule has 1 saturated carbocycles. The molecule has 1 spiro atoms. The van der Waals surface area contributed by atoms with E-state index in [1.807, 2.05) is 18.2 Å². The highest BCUT2D eigenvalue weighted by atomic mass is 16.2. The number of hydrogen-bond acceptors (Lipinski definition) is 5. The number of benzene rings is 1. The number of carbonyl (C=O) groups excluding carboxylic acids is 3. The Morgan fingerprint density at radius 2 is 1.76 bits per heavy atom. The largest absolute Gasteiger partial charge is 0.349 e. The van der Waals surface area contributed by atoms with Crippen LogP contribution in [0.2, 0.25) is 0 Å². The second kappa shape index (κ2) is 9.66. The molecule has 2 aliphatic heterocycles. The molecule has 0 radical (unpaired) electrons. The molecule has 1 N–H and O–H groups in total. The fourth-order valence-corrected chi connectivity index (χ4v) is 5.28. The fraction of sp³-hybridized carbons (Fsp3) is 0.481. The first kappa shape index (κ1) is 22.7. The van der Waals surface area contributed by atoms with Gasteiger partial charge in [0.05, 0.1) is 17.0 Å². The van der Waals surface area contributed by atoms with Crippen molar-refractivity contribution in [1.29, 1.82) is 0 Å². The first-order valence-corrected chi connectivity index (χ1v) is 12.4. The summed E-state index contributed by atoms with van der Waals surface area (Å²) in [7, 11) is 0. The SMILES string of the molecule is O=C(N[C@@H](CCN1CCC2(CC1)CCN(C(=O)c1cccnc1)C2=O)c1ccccc1)C1CC1. The molecule has 3 aliphatic rings. The van der Waals surface area contributed by atoms with Gasteiger partial charge in [-0.15, -0.1) is 0 Å². The van der Waals surface area contributed by atoms with Crippen LogP contribution in [0.25, 0.3) is 0 Å². The standard InChI is InChI=1S/C27H32N4O3/c32-24(21-8-9-21)29-23(20-5-2-1-3-6-20)10-15-30-16-11-27(12-17-30)13-18-31(26(27)34)25(33)22-7-4-14-28-19-22/h1-7,14,19,21,23H,8-13,15-18H2,(H,29,32)/t23-/m0/s1. The molecular weight excluding hydrogens is 428 g/mol. The lowest BCUT2D eigenvalue weighted by molar-refractivity contribution is -0.136. The van der Waals surface area contributed by atoms with Crippen molar-refractivity contribution in [3.8, 4) is 0 Å². The van der Waals surface area contributed by atoms with Gasteiger partial charge in [-0.3, -0.25) is 24.3 Å². The minimum absolute atomic E-state index is 0.00546. The number of nitrogens with one attached hydrogen (secondary N) is 1. The number of imide groups is 1. The van der Waals surface area contributed by atoms with Gasteiger partial charge in [-0.25, -0.2) is 0 Å². The minimum atomic E-state index is -0.423. The molecule has 34 heavy (non-hydrogen) atoms. The number of nitrogens with zero attached hydrogens (tertiary/aromatic N) is 3. The Balaban J connectivity index is 1.17. The fourth-order valence-electron chi connectivity index (χ4n) is 5.28. The van der Waals surface area contributed by atoms with Gasteiger partial charge in [0.15, 0.2) is 0 Å². The average Bonchev–Trinajstić information content (AvgIpc) is 3.69. The maximum Gasteiger partial charge on any atom is 0.262 e. The van der Waals surface area contributed by atoms with Gasteiger partial charge in [0.2, 0.25) is 11.8 Å². The third-order valence-corrected chi connectivity index (χ3v) is 7.68. The smallest absolute Gasteiger partial charge is 0.262 e.